The molecule has 0 radical (unpaired) electrons. The van der Waals surface area contributed by atoms with E-state index in [4.69, 9.17) is 18.9 Å². The van der Waals surface area contributed by atoms with Crippen LogP contribution in [0.15, 0.2) is 36.5 Å². The van der Waals surface area contributed by atoms with Gasteiger partial charge in [-0.2, -0.15) is 0 Å². The fraction of sp³-hybridized carbons (Fsp3) is 0.333. The Morgan fingerprint density at radius 1 is 1.20 bits per heavy atom. The van der Waals surface area contributed by atoms with E-state index in [-0.39, 0.29) is 6.10 Å². The van der Waals surface area contributed by atoms with Gasteiger partial charge in [0.25, 0.3) is 0 Å². The Morgan fingerprint density at radius 3 is 2.56 bits per heavy atom. The van der Waals surface area contributed by atoms with E-state index in [9.17, 15) is 4.79 Å². The maximum atomic E-state index is 11.5. The van der Waals surface area contributed by atoms with E-state index in [2.05, 4.69) is 9.72 Å². The normalized spacial score (nSPS) is 14.6. The zero-order valence-electron chi connectivity index (χ0n) is 14.6. The number of methoxy groups -OCH3 is 3. The third kappa shape index (κ3) is 4.76. The Labute approximate surface area is 146 Å². The Kier molecular flexibility index (Phi) is 6.45. The van der Waals surface area contributed by atoms with Crippen LogP contribution in [0.25, 0.3) is 0 Å². The molecular formula is C18H21NO6. The Balaban J connectivity index is 0.000000236. The van der Waals surface area contributed by atoms with E-state index >= 15 is 0 Å². The fourth-order valence-electron chi connectivity index (χ4n) is 2.11. The average molecular weight is 347 g/mol. The molecule has 7 nitrogen and oxygen atoms in total. The molecule has 134 valence electrons. The summed E-state index contributed by atoms with van der Waals surface area (Å²) in [6, 6.07) is 8.71. The van der Waals surface area contributed by atoms with Crippen molar-refractivity contribution in [3.8, 4) is 23.1 Å². The zero-order chi connectivity index (χ0) is 18.2. The molecule has 7 heteroatoms. The molecule has 1 aliphatic rings. The molecule has 0 saturated carbocycles. The number of fused-ring (bicyclic) bond motifs is 1. The smallest absolute Gasteiger partial charge is 0.338 e. The number of carbonyl (C=O) groups is 1. The van der Waals surface area contributed by atoms with Crippen LogP contribution in [0.3, 0.4) is 0 Å². The van der Waals surface area contributed by atoms with Crippen LogP contribution in [-0.2, 0) is 4.74 Å². The van der Waals surface area contributed by atoms with Crippen molar-refractivity contribution in [3.63, 3.8) is 0 Å². The predicted octanol–water partition coefficient (Wildman–Crippen LogP) is 2.73. The second-order valence-electron chi connectivity index (χ2n) is 5.11. The van der Waals surface area contributed by atoms with Gasteiger partial charge in [0.05, 0.1) is 26.9 Å². The van der Waals surface area contributed by atoms with E-state index in [1.807, 2.05) is 19.1 Å². The van der Waals surface area contributed by atoms with Gasteiger partial charge in [-0.25, -0.2) is 9.78 Å². The van der Waals surface area contributed by atoms with Crippen molar-refractivity contribution >= 4 is 5.97 Å². The van der Waals surface area contributed by atoms with Crippen molar-refractivity contribution in [2.75, 3.05) is 27.9 Å². The van der Waals surface area contributed by atoms with Crippen LogP contribution in [0.2, 0.25) is 0 Å². The third-order valence-electron chi connectivity index (χ3n) is 3.30. The van der Waals surface area contributed by atoms with Crippen LogP contribution < -0.4 is 18.9 Å². The zero-order valence-corrected chi connectivity index (χ0v) is 14.6. The molecule has 1 unspecified atom stereocenters. The van der Waals surface area contributed by atoms with Crippen LogP contribution in [0.1, 0.15) is 17.3 Å². The summed E-state index contributed by atoms with van der Waals surface area (Å²) < 4.78 is 25.8. The molecular weight excluding hydrogens is 326 g/mol. The Bertz CT molecular complexity index is 704. The highest BCUT2D eigenvalue weighted by Gasteiger charge is 2.24. The summed E-state index contributed by atoms with van der Waals surface area (Å²) in [5, 5.41) is 0. The molecule has 0 aliphatic carbocycles. The second kappa shape index (κ2) is 8.77. The number of pyridine rings is 1. The lowest BCUT2D eigenvalue weighted by atomic mass is 10.1. The first-order valence-electron chi connectivity index (χ1n) is 7.63. The number of carbonyl (C=O) groups excluding carboxylic acids is 1. The van der Waals surface area contributed by atoms with Crippen molar-refractivity contribution in [1.82, 2.24) is 4.98 Å². The maximum absolute atomic E-state index is 11.5. The number of benzene rings is 1. The van der Waals surface area contributed by atoms with Gasteiger partial charge in [0.15, 0.2) is 11.5 Å². The van der Waals surface area contributed by atoms with Gasteiger partial charge >= 0.3 is 5.97 Å². The minimum Gasteiger partial charge on any atom is -0.493 e. The number of rotatable bonds is 3. The molecule has 0 spiro atoms. The summed E-state index contributed by atoms with van der Waals surface area (Å²) in [6.07, 6.45) is 1.64. The monoisotopic (exact) mass is 347 g/mol. The van der Waals surface area contributed by atoms with Gasteiger partial charge < -0.3 is 23.7 Å². The van der Waals surface area contributed by atoms with Gasteiger partial charge in [-0.3, -0.25) is 0 Å². The molecule has 1 aromatic carbocycles. The van der Waals surface area contributed by atoms with E-state index in [0.29, 0.717) is 35.3 Å². The summed E-state index contributed by atoms with van der Waals surface area (Å²) in [5.41, 5.74) is 0.376. The van der Waals surface area contributed by atoms with Crippen LogP contribution in [0.4, 0.5) is 0 Å². The third-order valence-corrected chi connectivity index (χ3v) is 3.30. The van der Waals surface area contributed by atoms with Crippen molar-refractivity contribution in [1.29, 1.82) is 0 Å². The molecule has 25 heavy (non-hydrogen) atoms. The Morgan fingerprint density at radius 2 is 2.00 bits per heavy atom. The molecule has 3 rings (SSSR count). The molecule has 0 saturated heterocycles. The highest BCUT2D eigenvalue weighted by molar-refractivity contribution is 5.91. The van der Waals surface area contributed by atoms with Gasteiger partial charge in [0, 0.05) is 12.3 Å². The quantitative estimate of drug-likeness (QED) is 0.790. The minimum absolute atomic E-state index is 0.0555. The van der Waals surface area contributed by atoms with Crippen LogP contribution in [-0.4, -0.2) is 45.0 Å². The lowest BCUT2D eigenvalue weighted by molar-refractivity contribution is 0.0596. The lowest BCUT2D eigenvalue weighted by Crippen LogP contribution is -2.26. The summed E-state index contributed by atoms with van der Waals surface area (Å²) >= 11 is 0. The summed E-state index contributed by atoms with van der Waals surface area (Å²) in [5.74, 6) is 1.72. The number of ether oxygens (including phenoxy) is 5. The number of hydrogen-bond acceptors (Lipinski definition) is 7. The molecule has 0 N–H and O–H groups in total. The molecule has 0 fully saturated rings. The van der Waals surface area contributed by atoms with Crippen LogP contribution in [0, 0.1) is 0 Å². The van der Waals surface area contributed by atoms with E-state index in [1.54, 1.807) is 31.5 Å². The lowest BCUT2D eigenvalue weighted by Gasteiger charge is -2.25. The highest BCUT2D eigenvalue weighted by Crippen LogP contribution is 2.41. The van der Waals surface area contributed by atoms with Gasteiger partial charge in [-0.05, 0) is 25.1 Å². The average Bonchev–Trinajstić information content (AvgIpc) is 2.67. The first-order chi connectivity index (χ1) is 12.1. The van der Waals surface area contributed by atoms with Crippen molar-refractivity contribution < 1.29 is 28.5 Å². The first kappa shape index (κ1) is 18.4. The van der Waals surface area contributed by atoms with Crippen LogP contribution >= 0.6 is 0 Å². The molecule has 2 aromatic rings. The molecule has 0 bridgehead atoms. The number of nitrogens with zero attached hydrogens (tertiary/aromatic N) is 1. The minimum atomic E-state index is -0.437. The molecule has 1 atom stereocenters. The molecule has 1 aromatic heterocycles. The van der Waals surface area contributed by atoms with Gasteiger partial charge in [0.2, 0.25) is 11.6 Å². The maximum Gasteiger partial charge on any atom is 0.338 e. The van der Waals surface area contributed by atoms with Gasteiger partial charge in [-0.1, -0.05) is 6.07 Å². The van der Waals surface area contributed by atoms with E-state index in [0.717, 1.165) is 0 Å². The standard InChI is InChI=1S/C12H14O5.C6H7NO/c1-7-6-16-11-9(14-2)4-8(12(13)15-3)5-10(11)17-7;1-8-6-4-2-3-5-7-6/h4-5,7H,6H2,1-3H3;2-5H,1H3. The SMILES string of the molecule is COC(=O)c1cc(OC)c2c(c1)OC(C)CO2.COc1ccccn1. The first-order valence-corrected chi connectivity index (χ1v) is 7.63. The topological polar surface area (TPSA) is 76.1 Å². The largest absolute Gasteiger partial charge is 0.493 e. The highest BCUT2D eigenvalue weighted by atomic mass is 16.6. The summed E-state index contributed by atoms with van der Waals surface area (Å²) in [7, 11) is 4.44. The molecule has 1 aliphatic heterocycles. The van der Waals surface area contributed by atoms with E-state index < -0.39 is 5.97 Å². The fourth-order valence-corrected chi connectivity index (χ4v) is 2.11. The van der Waals surface area contributed by atoms with E-state index in [1.165, 1.54) is 14.2 Å². The number of hydrogen-bond donors (Lipinski definition) is 0. The van der Waals surface area contributed by atoms with Crippen molar-refractivity contribution in [2.45, 2.75) is 13.0 Å². The second-order valence-corrected chi connectivity index (χ2v) is 5.11. The summed E-state index contributed by atoms with van der Waals surface area (Å²) in [6.45, 7) is 2.35. The van der Waals surface area contributed by atoms with Crippen molar-refractivity contribution in [2.24, 2.45) is 0 Å². The molecule has 0 amide bonds. The number of aromatic nitrogens is 1. The summed E-state index contributed by atoms with van der Waals surface area (Å²) in [4.78, 5) is 15.3. The molecule has 2 heterocycles. The van der Waals surface area contributed by atoms with Crippen molar-refractivity contribution in [3.05, 3.63) is 42.1 Å². The Hall–Kier alpha value is -2.96. The van der Waals surface area contributed by atoms with Gasteiger partial charge in [-0.15, -0.1) is 0 Å². The number of esters is 1. The van der Waals surface area contributed by atoms with Gasteiger partial charge in [0.1, 0.15) is 12.7 Å². The van der Waals surface area contributed by atoms with Crippen LogP contribution in [0.5, 0.6) is 23.1 Å². The predicted molar refractivity (Wildman–Crippen MR) is 90.7 cm³/mol.